The van der Waals surface area contributed by atoms with E-state index in [1.165, 1.54) is 11.8 Å². The van der Waals surface area contributed by atoms with E-state index in [9.17, 15) is 4.79 Å². The Bertz CT molecular complexity index is 133. The summed E-state index contributed by atoms with van der Waals surface area (Å²) >= 11 is 1.52. The van der Waals surface area contributed by atoms with E-state index >= 15 is 0 Å². The van der Waals surface area contributed by atoms with Crippen LogP contribution in [0.5, 0.6) is 0 Å². The molecule has 0 radical (unpaired) electrons. The fraction of sp³-hybridized carbons (Fsp3) is 0.625. The Hall–Kier alpha value is -0.240. The molecule has 0 spiro atoms. The van der Waals surface area contributed by atoms with Gasteiger partial charge in [-0.2, -0.15) is 0 Å². The van der Waals surface area contributed by atoms with Crippen LogP contribution in [-0.4, -0.2) is 12.0 Å². The predicted molar refractivity (Wildman–Crippen MR) is 47.1 cm³/mol. The molecule has 0 N–H and O–H groups in total. The van der Waals surface area contributed by atoms with Crippen LogP contribution in [-0.2, 0) is 4.79 Å². The van der Waals surface area contributed by atoms with Gasteiger partial charge < -0.3 is 4.79 Å². The van der Waals surface area contributed by atoms with Gasteiger partial charge in [-0.1, -0.05) is 27.4 Å². The van der Waals surface area contributed by atoms with Gasteiger partial charge >= 0.3 is 0 Å². The van der Waals surface area contributed by atoms with E-state index in [-0.39, 0.29) is 5.41 Å². The summed E-state index contributed by atoms with van der Waals surface area (Å²) < 4.78 is 0. The number of aldehydes is 1. The van der Waals surface area contributed by atoms with E-state index in [4.69, 9.17) is 0 Å². The number of carbonyl (C=O) groups is 1. The molecule has 0 aromatic rings. The molecule has 0 aliphatic carbocycles. The standard InChI is InChI=1S/C8H14OS/c1-7(8(2,3)4)10-6-5-9/h5H,1,6H2,2-4H3. The maximum Gasteiger partial charge on any atom is 0.130 e. The molecule has 0 aromatic heterocycles. The van der Waals surface area contributed by atoms with E-state index in [1.807, 2.05) is 0 Å². The van der Waals surface area contributed by atoms with Gasteiger partial charge in [0.1, 0.15) is 6.29 Å². The Morgan fingerprint density at radius 3 is 2.40 bits per heavy atom. The van der Waals surface area contributed by atoms with E-state index in [2.05, 4.69) is 27.4 Å². The molecule has 0 atom stereocenters. The summed E-state index contributed by atoms with van der Waals surface area (Å²) in [5.74, 6) is 0.524. The van der Waals surface area contributed by atoms with Crippen LogP contribution in [0.1, 0.15) is 20.8 Å². The lowest BCUT2D eigenvalue weighted by Gasteiger charge is -2.19. The molecule has 0 aliphatic heterocycles. The minimum atomic E-state index is 0.119. The first-order chi connectivity index (χ1) is 4.48. The molecule has 1 nitrogen and oxygen atoms in total. The Morgan fingerprint density at radius 1 is 1.60 bits per heavy atom. The molecule has 0 unspecified atom stereocenters. The third-order valence-electron chi connectivity index (χ3n) is 1.16. The fourth-order valence-corrected chi connectivity index (χ4v) is 1.05. The zero-order valence-corrected chi connectivity index (χ0v) is 7.62. The van der Waals surface area contributed by atoms with Crippen LogP contribution in [0.2, 0.25) is 0 Å². The van der Waals surface area contributed by atoms with Gasteiger partial charge in [0.2, 0.25) is 0 Å². The number of hydrogen-bond acceptors (Lipinski definition) is 2. The Balaban J connectivity index is 3.74. The van der Waals surface area contributed by atoms with Crippen LogP contribution >= 0.6 is 11.8 Å². The minimum absolute atomic E-state index is 0.119. The van der Waals surface area contributed by atoms with E-state index in [0.717, 1.165) is 11.2 Å². The molecule has 0 aromatic carbocycles. The highest BCUT2D eigenvalue weighted by molar-refractivity contribution is 8.03. The summed E-state index contributed by atoms with van der Waals surface area (Å²) in [4.78, 5) is 11.0. The largest absolute Gasteiger partial charge is 0.302 e. The number of allylic oxidation sites excluding steroid dienone is 1. The van der Waals surface area contributed by atoms with Crippen molar-refractivity contribution >= 4 is 18.0 Å². The number of carbonyl (C=O) groups excluding carboxylic acids is 1. The molecular weight excluding hydrogens is 144 g/mol. The second-order valence-electron chi connectivity index (χ2n) is 3.15. The topological polar surface area (TPSA) is 17.1 Å². The first-order valence-corrected chi connectivity index (χ1v) is 4.23. The normalized spacial score (nSPS) is 11.1. The predicted octanol–water partition coefficient (Wildman–Crippen LogP) is 2.48. The fourth-order valence-electron chi connectivity index (χ4n) is 0.351. The van der Waals surface area contributed by atoms with Crippen LogP contribution in [0.3, 0.4) is 0 Å². The zero-order valence-electron chi connectivity index (χ0n) is 6.81. The summed E-state index contributed by atoms with van der Waals surface area (Å²) in [5.41, 5.74) is 0.119. The molecule has 2 heteroatoms. The lowest BCUT2D eigenvalue weighted by molar-refractivity contribution is -0.105. The SMILES string of the molecule is C=C(SCC=O)C(C)(C)C. The van der Waals surface area contributed by atoms with Gasteiger partial charge in [0.25, 0.3) is 0 Å². The lowest BCUT2D eigenvalue weighted by Crippen LogP contribution is -2.05. The highest BCUT2D eigenvalue weighted by Crippen LogP contribution is 2.31. The van der Waals surface area contributed by atoms with Crippen LogP contribution in [0.15, 0.2) is 11.5 Å². The van der Waals surface area contributed by atoms with Crippen molar-refractivity contribution in [1.82, 2.24) is 0 Å². The van der Waals surface area contributed by atoms with Gasteiger partial charge in [-0.3, -0.25) is 0 Å². The molecule has 58 valence electrons. The Morgan fingerprint density at radius 2 is 2.10 bits per heavy atom. The summed E-state index contributed by atoms with van der Waals surface area (Å²) in [6.45, 7) is 10.1. The number of hydrogen-bond donors (Lipinski definition) is 0. The average Bonchev–Trinajstić information content (AvgIpc) is 1.80. The first kappa shape index (κ1) is 9.76. The summed E-state index contributed by atoms with van der Waals surface area (Å²) in [7, 11) is 0. The van der Waals surface area contributed by atoms with Crippen LogP contribution in [0.25, 0.3) is 0 Å². The lowest BCUT2D eigenvalue weighted by atomic mass is 9.97. The highest BCUT2D eigenvalue weighted by Gasteiger charge is 2.14. The van der Waals surface area contributed by atoms with Gasteiger partial charge in [-0.25, -0.2) is 0 Å². The van der Waals surface area contributed by atoms with Crippen molar-refractivity contribution in [1.29, 1.82) is 0 Å². The van der Waals surface area contributed by atoms with Gasteiger partial charge in [-0.05, 0) is 10.3 Å². The van der Waals surface area contributed by atoms with Crippen molar-refractivity contribution in [2.24, 2.45) is 5.41 Å². The average molecular weight is 158 g/mol. The molecule has 0 amide bonds. The van der Waals surface area contributed by atoms with Gasteiger partial charge in [-0.15, -0.1) is 11.8 Å². The van der Waals surface area contributed by atoms with E-state index in [1.54, 1.807) is 0 Å². The van der Waals surface area contributed by atoms with E-state index in [0.29, 0.717) is 5.75 Å². The van der Waals surface area contributed by atoms with Crippen LogP contribution in [0, 0.1) is 5.41 Å². The minimum Gasteiger partial charge on any atom is -0.302 e. The quantitative estimate of drug-likeness (QED) is 0.587. The number of thioether (sulfide) groups is 1. The molecule has 0 saturated carbocycles. The summed E-state index contributed by atoms with van der Waals surface area (Å²) in [5, 5.41) is 0. The third kappa shape index (κ3) is 3.72. The molecule has 0 fully saturated rings. The molecular formula is C8H14OS. The van der Waals surface area contributed by atoms with Crippen LogP contribution in [0.4, 0.5) is 0 Å². The Labute approximate surface area is 66.9 Å². The maximum atomic E-state index is 9.97. The second-order valence-corrected chi connectivity index (χ2v) is 4.27. The Kier molecular flexibility index (Phi) is 3.72. The molecule has 0 aliphatic rings. The van der Waals surface area contributed by atoms with Gasteiger partial charge in [0.05, 0.1) is 5.75 Å². The molecule has 0 rings (SSSR count). The highest BCUT2D eigenvalue weighted by atomic mass is 32.2. The monoisotopic (exact) mass is 158 g/mol. The smallest absolute Gasteiger partial charge is 0.130 e. The van der Waals surface area contributed by atoms with Crippen molar-refractivity contribution in [3.8, 4) is 0 Å². The molecule has 0 bridgehead atoms. The molecule has 0 saturated heterocycles. The van der Waals surface area contributed by atoms with Crippen molar-refractivity contribution in [3.05, 3.63) is 11.5 Å². The van der Waals surface area contributed by atoms with Crippen molar-refractivity contribution < 1.29 is 4.79 Å². The maximum absolute atomic E-state index is 9.97. The summed E-state index contributed by atoms with van der Waals surface area (Å²) in [6.07, 6.45) is 0.904. The van der Waals surface area contributed by atoms with Crippen LogP contribution < -0.4 is 0 Å². The third-order valence-corrected chi connectivity index (χ3v) is 2.43. The van der Waals surface area contributed by atoms with Crippen molar-refractivity contribution in [2.45, 2.75) is 20.8 Å². The molecule has 10 heavy (non-hydrogen) atoms. The number of rotatable bonds is 3. The summed E-state index contributed by atoms with van der Waals surface area (Å²) in [6, 6.07) is 0. The second kappa shape index (κ2) is 3.81. The first-order valence-electron chi connectivity index (χ1n) is 3.24. The molecule has 0 heterocycles. The van der Waals surface area contributed by atoms with Gasteiger partial charge in [0, 0.05) is 0 Å². The van der Waals surface area contributed by atoms with Crippen molar-refractivity contribution in [2.75, 3.05) is 5.75 Å². The van der Waals surface area contributed by atoms with Crippen molar-refractivity contribution in [3.63, 3.8) is 0 Å². The van der Waals surface area contributed by atoms with E-state index < -0.39 is 0 Å². The van der Waals surface area contributed by atoms with Gasteiger partial charge in [0.15, 0.2) is 0 Å². The zero-order chi connectivity index (χ0) is 8.20.